The Balaban J connectivity index is 1.71. The van der Waals surface area contributed by atoms with E-state index in [9.17, 15) is 19.5 Å². The van der Waals surface area contributed by atoms with E-state index in [-0.39, 0.29) is 28.5 Å². The summed E-state index contributed by atoms with van der Waals surface area (Å²) in [6, 6.07) is 23.4. The molecule has 1 aliphatic rings. The van der Waals surface area contributed by atoms with Crippen molar-refractivity contribution in [1.29, 1.82) is 0 Å². The van der Waals surface area contributed by atoms with Gasteiger partial charge in [0.1, 0.15) is 11.3 Å². The lowest BCUT2D eigenvalue weighted by Crippen LogP contribution is -2.31. The van der Waals surface area contributed by atoms with Gasteiger partial charge >= 0.3 is 11.6 Å². The maximum absolute atomic E-state index is 13.8. The number of aromatic hydroxyl groups is 1. The molecule has 1 aliphatic heterocycles. The number of hydrogen-bond donors (Lipinski definition) is 1. The highest BCUT2D eigenvalue weighted by Crippen LogP contribution is 2.37. The summed E-state index contributed by atoms with van der Waals surface area (Å²) in [4.78, 5) is 48.3. The molecule has 0 saturated carbocycles. The number of carbonyl (C=O) groups is 3. The van der Waals surface area contributed by atoms with Gasteiger partial charge in [-0.2, -0.15) is 0 Å². The molecule has 3 aromatic heterocycles. The van der Waals surface area contributed by atoms with Gasteiger partial charge in [0.2, 0.25) is 5.69 Å². The van der Waals surface area contributed by atoms with Crippen LogP contribution in [0.15, 0.2) is 97.3 Å². The van der Waals surface area contributed by atoms with E-state index in [1.54, 1.807) is 91.1 Å². The predicted octanol–water partition coefficient (Wildman–Crippen LogP) is 3.41. The normalized spacial score (nSPS) is 12.7. The van der Waals surface area contributed by atoms with E-state index in [0.717, 1.165) is 0 Å². The van der Waals surface area contributed by atoms with Gasteiger partial charge in [0.15, 0.2) is 17.6 Å². The molecule has 0 atom stereocenters. The number of para-hydroxylation sites is 2. The number of benzene rings is 2. The number of ketones is 1. The van der Waals surface area contributed by atoms with Gasteiger partial charge in [-0.1, -0.05) is 30.3 Å². The van der Waals surface area contributed by atoms with Gasteiger partial charge < -0.3 is 5.11 Å². The second-order valence-corrected chi connectivity index (χ2v) is 8.18. The molecule has 0 bridgehead atoms. The Hall–Kier alpha value is -5.24. The molecule has 2 N–H and O–H groups in total. The van der Waals surface area contributed by atoms with Crippen LogP contribution in [0.3, 0.4) is 0 Å². The Kier molecular flexibility index (Phi) is 4.86. The predicted molar refractivity (Wildman–Crippen MR) is 130 cm³/mol. The summed E-state index contributed by atoms with van der Waals surface area (Å²) in [5.74, 6) is -1.81. The number of rotatable bonds is 3. The molecule has 1 amide bonds. The van der Waals surface area contributed by atoms with Crippen LogP contribution in [-0.4, -0.2) is 42.5 Å². The molecule has 0 saturated heterocycles. The molecular weight excluding hydrogens is 456 g/mol. The number of aromatic amines is 1. The molecule has 5 aromatic rings. The number of nitrogens with zero attached hydrogens (tertiary/aromatic N) is 3. The number of H-pyrrole nitrogens is 1. The van der Waals surface area contributed by atoms with Crippen LogP contribution < -0.4 is 4.98 Å². The summed E-state index contributed by atoms with van der Waals surface area (Å²) in [5, 5.41) is 11.7. The van der Waals surface area contributed by atoms with Crippen LogP contribution >= 0.6 is 0 Å². The van der Waals surface area contributed by atoms with Crippen molar-refractivity contribution in [2.45, 2.75) is 0 Å². The lowest BCUT2D eigenvalue weighted by Gasteiger charge is -2.07. The average molecular weight is 474 g/mol. The third-order valence-electron chi connectivity index (χ3n) is 6.13. The Labute approximate surface area is 204 Å². The lowest BCUT2D eigenvalue weighted by atomic mass is 10.1. The quantitative estimate of drug-likeness (QED) is 0.404. The second-order valence-electron chi connectivity index (χ2n) is 8.18. The van der Waals surface area contributed by atoms with Crippen LogP contribution in [-0.2, 0) is 0 Å². The number of carbonyl (C=O) groups excluding carboxylic acids is 3. The zero-order valence-electron chi connectivity index (χ0n) is 18.8. The molecule has 36 heavy (non-hydrogen) atoms. The summed E-state index contributed by atoms with van der Waals surface area (Å²) < 4.78 is 2.50. The standard InChI is InChI=1S/C28H16N4O4/c33-25-17-9-1-3-13-21(17)31(27(35)19-11-5-7-15-29-19)23(25)24-26(34)18-10-2-4-14-22(18)32(24)28(36)20-12-6-8-16-30-20/h1-16H/p+2. The number of amides is 1. The average Bonchev–Trinajstić information content (AvgIpc) is 3.39. The number of Topliss-reactive ketones (excluding diaryl/α,β-unsaturated/α-hetero) is 1. The molecule has 4 heterocycles. The topological polar surface area (TPSA) is 106 Å². The fraction of sp³-hybridized carbons (Fsp3) is 0. The maximum Gasteiger partial charge on any atom is 0.490 e. The Morgan fingerprint density at radius 2 is 1.64 bits per heavy atom. The molecule has 8 heteroatoms. The number of pyridine rings is 2. The van der Waals surface area contributed by atoms with E-state index in [0.29, 0.717) is 22.2 Å². The van der Waals surface area contributed by atoms with Crippen LogP contribution in [0, 0.1) is 0 Å². The van der Waals surface area contributed by atoms with Crippen molar-refractivity contribution in [2.75, 3.05) is 0 Å². The monoisotopic (exact) mass is 474 g/mol. The first-order valence-electron chi connectivity index (χ1n) is 11.2. The zero-order valence-corrected chi connectivity index (χ0v) is 18.8. The highest BCUT2D eigenvalue weighted by Gasteiger charge is 2.48. The first-order valence-corrected chi connectivity index (χ1v) is 11.2. The van der Waals surface area contributed by atoms with Crippen molar-refractivity contribution >= 4 is 39.9 Å². The largest absolute Gasteiger partial charge is 0.505 e. The summed E-state index contributed by atoms with van der Waals surface area (Å²) in [6.07, 6.45) is 3.10. The third kappa shape index (κ3) is 3.08. The van der Waals surface area contributed by atoms with Crippen molar-refractivity contribution in [2.24, 2.45) is 0 Å². The fourth-order valence-corrected chi connectivity index (χ4v) is 4.54. The minimum Gasteiger partial charge on any atom is -0.505 e. The first kappa shape index (κ1) is 21.3. The van der Waals surface area contributed by atoms with Crippen LogP contribution in [0.5, 0.6) is 5.75 Å². The van der Waals surface area contributed by atoms with E-state index in [4.69, 9.17) is 0 Å². The highest BCUT2D eigenvalue weighted by molar-refractivity contribution is 6.53. The minimum atomic E-state index is -0.544. The number of hydrogen-bond acceptors (Lipinski definition) is 5. The van der Waals surface area contributed by atoms with Gasteiger partial charge in [0, 0.05) is 29.8 Å². The van der Waals surface area contributed by atoms with Crippen LogP contribution in [0.4, 0.5) is 5.69 Å². The van der Waals surface area contributed by atoms with Crippen LogP contribution in [0.25, 0.3) is 10.9 Å². The summed E-state index contributed by atoms with van der Waals surface area (Å²) in [7, 11) is 0. The molecule has 0 radical (unpaired) electrons. The SMILES string of the molecule is O=C1C(c2c(O)c3ccccc3n2C(=O)c2ccccn2)=[N+](C(=O)c2cccc[nH+]2)c2ccccc21. The van der Waals surface area contributed by atoms with E-state index >= 15 is 0 Å². The molecule has 172 valence electrons. The summed E-state index contributed by atoms with van der Waals surface area (Å²) in [6.45, 7) is 0. The van der Waals surface area contributed by atoms with Crippen molar-refractivity contribution in [1.82, 2.24) is 9.55 Å². The van der Waals surface area contributed by atoms with Crippen molar-refractivity contribution < 1.29 is 29.0 Å². The molecule has 0 unspecified atom stereocenters. The first-order chi connectivity index (χ1) is 17.6. The highest BCUT2D eigenvalue weighted by atomic mass is 16.3. The van der Waals surface area contributed by atoms with Gasteiger partial charge in [-0.05, 0) is 36.4 Å². The van der Waals surface area contributed by atoms with Crippen molar-refractivity contribution in [3.05, 3.63) is 120 Å². The van der Waals surface area contributed by atoms with E-state index in [2.05, 4.69) is 9.97 Å². The number of fused-ring (bicyclic) bond motifs is 2. The molecule has 0 aliphatic carbocycles. The minimum absolute atomic E-state index is 0.0719. The molecular formula is C28H18N4O4+2. The Morgan fingerprint density at radius 3 is 2.42 bits per heavy atom. The Morgan fingerprint density at radius 1 is 0.889 bits per heavy atom. The molecule has 0 fully saturated rings. The van der Waals surface area contributed by atoms with Crippen LogP contribution in [0.1, 0.15) is 37.0 Å². The maximum atomic E-state index is 13.8. The van der Waals surface area contributed by atoms with Gasteiger partial charge in [0.25, 0.3) is 17.4 Å². The molecule has 2 aromatic carbocycles. The second kappa shape index (κ2) is 8.21. The lowest BCUT2D eigenvalue weighted by molar-refractivity contribution is -0.405. The number of nitrogens with one attached hydrogen (secondary N) is 1. The van der Waals surface area contributed by atoms with Crippen molar-refractivity contribution in [3.8, 4) is 5.75 Å². The van der Waals surface area contributed by atoms with Crippen molar-refractivity contribution in [3.63, 3.8) is 0 Å². The van der Waals surface area contributed by atoms with Crippen LogP contribution in [0.2, 0.25) is 0 Å². The summed E-state index contributed by atoms with van der Waals surface area (Å²) in [5.41, 5.74) is 1.21. The smallest absolute Gasteiger partial charge is 0.490 e. The fourth-order valence-electron chi connectivity index (χ4n) is 4.54. The van der Waals surface area contributed by atoms with Gasteiger partial charge in [-0.15, -0.1) is 4.58 Å². The van der Waals surface area contributed by atoms with E-state index < -0.39 is 17.6 Å². The molecule has 6 rings (SSSR count). The third-order valence-corrected chi connectivity index (χ3v) is 6.13. The molecule has 8 nitrogen and oxygen atoms in total. The van der Waals surface area contributed by atoms with Gasteiger partial charge in [-0.25, -0.2) is 9.78 Å². The zero-order chi connectivity index (χ0) is 24.8. The molecule has 0 spiro atoms. The van der Waals surface area contributed by atoms with E-state index in [1.165, 1.54) is 15.3 Å². The Bertz CT molecular complexity index is 1740. The summed E-state index contributed by atoms with van der Waals surface area (Å²) >= 11 is 0. The number of aromatic nitrogens is 3. The van der Waals surface area contributed by atoms with Gasteiger partial charge in [0.05, 0.1) is 5.52 Å². The van der Waals surface area contributed by atoms with E-state index in [1.807, 2.05) is 0 Å². The van der Waals surface area contributed by atoms with Gasteiger partial charge in [-0.3, -0.25) is 19.1 Å².